The molecule has 0 aliphatic rings. The number of hydrogen-bond donors (Lipinski definition) is 1. The Kier molecular flexibility index (Phi) is 8.39. The van der Waals surface area contributed by atoms with Crippen LogP contribution in [0.1, 0.15) is 40.5 Å². The number of carbonyl (C=O) groups is 2. The summed E-state index contributed by atoms with van der Waals surface area (Å²) in [5, 5.41) is 2.79. The number of methoxy groups -OCH3 is 1. The van der Waals surface area contributed by atoms with Crippen LogP contribution in [0.4, 0.5) is 0 Å². The van der Waals surface area contributed by atoms with Crippen molar-refractivity contribution in [3.05, 3.63) is 0 Å². The number of carbonyl (C=O) groups excluding carboxylic acids is 2. The van der Waals surface area contributed by atoms with Crippen LogP contribution in [0.3, 0.4) is 0 Å². The Hall–Kier alpha value is -1.10. The van der Waals surface area contributed by atoms with Gasteiger partial charge in [-0.3, -0.25) is 9.59 Å². The second-order valence-corrected chi connectivity index (χ2v) is 5.54. The van der Waals surface area contributed by atoms with Gasteiger partial charge < -0.3 is 14.8 Å². The van der Waals surface area contributed by atoms with E-state index in [1.54, 1.807) is 14.0 Å². The van der Waals surface area contributed by atoms with Gasteiger partial charge in [0.1, 0.15) is 5.92 Å². The monoisotopic (exact) mass is 273 g/mol. The number of unbranched alkanes of at least 4 members (excludes halogenated alkanes) is 1. The fourth-order valence-electron chi connectivity index (χ4n) is 1.76. The first-order valence-electron chi connectivity index (χ1n) is 6.77. The molecule has 1 amide bonds. The lowest BCUT2D eigenvalue weighted by molar-refractivity contribution is -0.156. The van der Waals surface area contributed by atoms with E-state index in [2.05, 4.69) is 5.32 Å². The normalized spacial score (nSPS) is 12.9. The zero-order valence-corrected chi connectivity index (χ0v) is 12.7. The summed E-state index contributed by atoms with van der Waals surface area (Å²) >= 11 is 0. The van der Waals surface area contributed by atoms with Gasteiger partial charge in [0.2, 0.25) is 5.91 Å². The van der Waals surface area contributed by atoms with E-state index in [0.717, 1.165) is 12.8 Å². The lowest BCUT2D eigenvalue weighted by Crippen LogP contribution is -2.43. The number of hydrogen-bond acceptors (Lipinski definition) is 4. The maximum atomic E-state index is 12.1. The average molecular weight is 273 g/mol. The molecule has 0 aliphatic heterocycles. The minimum Gasteiger partial charge on any atom is -0.465 e. The molecule has 1 atom stereocenters. The van der Waals surface area contributed by atoms with Gasteiger partial charge in [0.15, 0.2) is 0 Å². The molecule has 0 heterocycles. The molecular weight excluding hydrogens is 246 g/mol. The zero-order chi connectivity index (χ0) is 14.9. The Labute approximate surface area is 116 Å². The molecule has 5 heteroatoms. The van der Waals surface area contributed by atoms with Crippen LogP contribution in [-0.2, 0) is 19.1 Å². The predicted octanol–water partition coefficient (Wildman–Crippen LogP) is 1.75. The van der Waals surface area contributed by atoms with Crippen LogP contribution in [0, 0.1) is 11.3 Å². The molecule has 19 heavy (non-hydrogen) atoms. The maximum Gasteiger partial charge on any atom is 0.319 e. The van der Waals surface area contributed by atoms with Crippen LogP contribution in [-0.4, -0.2) is 38.7 Å². The van der Waals surface area contributed by atoms with Crippen molar-refractivity contribution in [2.24, 2.45) is 11.3 Å². The first kappa shape index (κ1) is 17.9. The first-order chi connectivity index (χ1) is 8.84. The lowest BCUT2D eigenvalue weighted by Gasteiger charge is -2.27. The zero-order valence-electron chi connectivity index (χ0n) is 12.7. The number of ether oxygens (including phenoxy) is 2. The molecule has 1 N–H and O–H groups in total. The lowest BCUT2D eigenvalue weighted by atomic mass is 9.80. The van der Waals surface area contributed by atoms with Crippen LogP contribution in [0.25, 0.3) is 0 Å². The molecule has 0 aromatic carbocycles. The fourth-order valence-corrected chi connectivity index (χ4v) is 1.76. The van der Waals surface area contributed by atoms with Gasteiger partial charge in [0.25, 0.3) is 0 Å². The highest BCUT2D eigenvalue weighted by molar-refractivity contribution is 5.98. The molecule has 0 fully saturated rings. The van der Waals surface area contributed by atoms with E-state index >= 15 is 0 Å². The van der Waals surface area contributed by atoms with Gasteiger partial charge >= 0.3 is 5.97 Å². The van der Waals surface area contributed by atoms with E-state index in [-0.39, 0.29) is 12.5 Å². The number of nitrogens with one attached hydrogen (secondary N) is 1. The third kappa shape index (κ3) is 7.15. The summed E-state index contributed by atoms with van der Waals surface area (Å²) in [6, 6.07) is 0. The Bertz CT molecular complexity index is 284. The summed E-state index contributed by atoms with van der Waals surface area (Å²) in [5.74, 6) is -1.48. The van der Waals surface area contributed by atoms with Crippen LogP contribution in [0.15, 0.2) is 0 Å². The summed E-state index contributed by atoms with van der Waals surface area (Å²) < 4.78 is 9.91. The number of rotatable bonds is 8. The topological polar surface area (TPSA) is 64.6 Å². The van der Waals surface area contributed by atoms with Crippen molar-refractivity contribution < 1.29 is 19.1 Å². The summed E-state index contributed by atoms with van der Waals surface area (Å²) in [6.07, 6.45) is 1.72. The molecule has 0 rings (SSSR count). The second-order valence-electron chi connectivity index (χ2n) is 5.54. The third-order valence-corrected chi connectivity index (χ3v) is 2.72. The standard InChI is InChI=1S/C14H27NO4/c1-6-19-13(17)11(14(2,3)4)12(16)15-9-7-8-10-18-5/h11H,6-10H2,1-5H3,(H,15,16). The summed E-state index contributed by atoms with van der Waals surface area (Å²) in [7, 11) is 1.65. The molecule has 0 bridgehead atoms. The molecule has 0 saturated heterocycles. The number of esters is 1. The number of amides is 1. The smallest absolute Gasteiger partial charge is 0.319 e. The molecule has 0 aromatic rings. The van der Waals surface area contributed by atoms with Crippen molar-refractivity contribution in [1.82, 2.24) is 5.32 Å². The average Bonchev–Trinajstić information content (AvgIpc) is 2.27. The summed E-state index contributed by atoms with van der Waals surface area (Å²) in [5.41, 5.74) is -0.455. The van der Waals surface area contributed by atoms with Gasteiger partial charge in [0, 0.05) is 20.3 Å². The van der Waals surface area contributed by atoms with Crippen LogP contribution in [0.5, 0.6) is 0 Å². The molecule has 0 radical (unpaired) electrons. The third-order valence-electron chi connectivity index (χ3n) is 2.72. The molecule has 1 unspecified atom stereocenters. The van der Waals surface area contributed by atoms with Gasteiger partial charge in [0.05, 0.1) is 6.61 Å². The molecule has 0 saturated carbocycles. The molecule has 5 nitrogen and oxygen atoms in total. The molecule has 0 spiro atoms. The van der Waals surface area contributed by atoms with E-state index in [4.69, 9.17) is 9.47 Å². The highest BCUT2D eigenvalue weighted by atomic mass is 16.5. The SMILES string of the molecule is CCOC(=O)C(C(=O)NCCCCOC)C(C)(C)C. The highest BCUT2D eigenvalue weighted by Gasteiger charge is 2.38. The maximum absolute atomic E-state index is 12.1. The van der Waals surface area contributed by atoms with Gasteiger partial charge in [-0.25, -0.2) is 0 Å². The van der Waals surface area contributed by atoms with E-state index in [0.29, 0.717) is 13.2 Å². The van der Waals surface area contributed by atoms with Crippen LogP contribution in [0.2, 0.25) is 0 Å². The van der Waals surface area contributed by atoms with Crippen LogP contribution < -0.4 is 5.32 Å². The Morgan fingerprint density at radius 3 is 2.32 bits per heavy atom. The van der Waals surface area contributed by atoms with E-state index < -0.39 is 17.3 Å². The Balaban J connectivity index is 4.36. The van der Waals surface area contributed by atoms with E-state index in [1.807, 2.05) is 20.8 Å². The van der Waals surface area contributed by atoms with Gasteiger partial charge in [-0.05, 0) is 25.2 Å². The van der Waals surface area contributed by atoms with Crippen molar-refractivity contribution >= 4 is 11.9 Å². The van der Waals surface area contributed by atoms with Gasteiger partial charge in [-0.15, -0.1) is 0 Å². The van der Waals surface area contributed by atoms with Crippen molar-refractivity contribution in [3.8, 4) is 0 Å². The van der Waals surface area contributed by atoms with E-state index in [9.17, 15) is 9.59 Å². The fraction of sp³-hybridized carbons (Fsp3) is 0.857. The summed E-state index contributed by atoms with van der Waals surface area (Å²) in [6.45, 7) is 8.83. The molecule has 112 valence electrons. The van der Waals surface area contributed by atoms with E-state index in [1.165, 1.54) is 0 Å². The van der Waals surface area contributed by atoms with Crippen molar-refractivity contribution in [2.45, 2.75) is 40.5 Å². The quantitative estimate of drug-likeness (QED) is 0.416. The van der Waals surface area contributed by atoms with Gasteiger partial charge in [-0.2, -0.15) is 0 Å². The minimum absolute atomic E-state index is 0.261. The van der Waals surface area contributed by atoms with Crippen molar-refractivity contribution in [1.29, 1.82) is 0 Å². The summed E-state index contributed by atoms with van der Waals surface area (Å²) in [4.78, 5) is 24.0. The molecular formula is C14H27NO4. The van der Waals surface area contributed by atoms with Crippen molar-refractivity contribution in [3.63, 3.8) is 0 Å². The molecule has 0 aromatic heterocycles. The Morgan fingerprint density at radius 2 is 1.84 bits per heavy atom. The molecule has 0 aliphatic carbocycles. The minimum atomic E-state index is -0.769. The predicted molar refractivity (Wildman–Crippen MR) is 73.7 cm³/mol. The largest absolute Gasteiger partial charge is 0.465 e. The Morgan fingerprint density at radius 1 is 1.21 bits per heavy atom. The highest BCUT2D eigenvalue weighted by Crippen LogP contribution is 2.27. The van der Waals surface area contributed by atoms with Gasteiger partial charge in [-0.1, -0.05) is 20.8 Å². The first-order valence-corrected chi connectivity index (χ1v) is 6.77. The van der Waals surface area contributed by atoms with Crippen molar-refractivity contribution in [2.75, 3.05) is 26.9 Å². The second kappa shape index (κ2) is 8.91. The van der Waals surface area contributed by atoms with Crippen LogP contribution >= 0.6 is 0 Å².